The lowest BCUT2D eigenvalue weighted by Gasteiger charge is -2.25. The number of ether oxygens (including phenoxy) is 1. The van der Waals surface area contributed by atoms with E-state index in [4.69, 9.17) is 13.8 Å². The molecule has 240 valence electrons. The van der Waals surface area contributed by atoms with Crippen LogP contribution in [-0.4, -0.2) is 49.3 Å². The molecule has 0 aromatic carbocycles. The number of carbonyl (C=O) groups is 4. The number of esters is 1. The highest BCUT2D eigenvalue weighted by Crippen LogP contribution is 2.38. The maximum absolute atomic E-state index is 12.4. The van der Waals surface area contributed by atoms with E-state index >= 15 is 0 Å². The molecule has 0 rings (SSSR count). The summed E-state index contributed by atoms with van der Waals surface area (Å²) in [5.74, 6) is -1.28. The summed E-state index contributed by atoms with van der Waals surface area (Å²) in [6.07, 6.45) is 17.8. The number of ketones is 2. The second kappa shape index (κ2) is 26.1. The number of unbranched alkanes of at least 4 members (excludes halogenated alkanes) is 14. The van der Waals surface area contributed by atoms with Crippen molar-refractivity contribution >= 4 is 31.3 Å². The molecule has 0 fully saturated rings. The highest BCUT2D eigenvalue weighted by molar-refractivity contribution is 7.45. The first-order chi connectivity index (χ1) is 19.6. The number of phosphoric acid groups is 1. The lowest BCUT2D eigenvalue weighted by Crippen LogP contribution is -2.29. The summed E-state index contributed by atoms with van der Waals surface area (Å²) in [6.45, 7) is 3.82. The van der Waals surface area contributed by atoms with Gasteiger partial charge in [0.2, 0.25) is 5.91 Å². The Morgan fingerprint density at radius 3 is 1.73 bits per heavy atom. The molecule has 1 N–H and O–H groups in total. The Morgan fingerprint density at radius 1 is 0.732 bits per heavy atom. The summed E-state index contributed by atoms with van der Waals surface area (Å²) < 4.78 is 26.6. The Bertz CT molecular complexity index is 775. The van der Waals surface area contributed by atoms with Crippen LogP contribution in [0.4, 0.5) is 0 Å². The van der Waals surface area contributed by atoms with Crippen molar-refractivity contribution in [2.75, 3.05) is 19.8 Å². The second-order valence-electron chi connectivity index (χ2n) is 10.8. The zero-order valence-electron chi connectivity index (χ0n) is 25.8. The van der Waals surface area contributed by atoms with Crippen molar-refractivity contribution in [2.24, 2.45) is 0 Å². The molecule has 10 nitrogen and oxygen atoms in total. The summed E-state index contributed by atoms with van der Waals surface area (Å²) in [4.78, 5) is 58.2. The van der Waals surface area contributed by atoms with Crippen molar-refractivity contribution in [3.05, 3.63) is 0 Å². The number of rotatable bonds is 29. The van der Waals surface area contributed by atoms with E-state index in [1.807, 2.05) is 0 Å². The van der Waals surface area contributed by atoms with Gasteiger partial charge in [0.05, 0.1) is 13.2 Å². The molecule has 0 saturated heterocycles. The fourth-order valence-corrected chi connectivity index (χ4v) is 5.09. The van der Waals surface area contributed by atoms with E-state index in [2.05, 4.69) is 12.2 Å². The fourth-order valence-electron chi connectivity index (χ4n) is 4.36. The standard InChI is InChI=1S/C30H56NO9P/c1-4-5-6-7-8-9-10-11-12-13-14-15-16-17-18-19-28(34)24-29(40-27(3)33)25-39-41(36,37)38-23-22-31-30(35)21-20-26(2)32/h29H,4-25H2,1-3H3,(H,31,35)(H,36,37)/p-1. The van der Waals surface area contributed by atoms with Crippen LogP contribution in [-0.2, 0) is 37.5 Å². The molecule has 0 aliphatic carbocycles. The summed E-state index contributed by atoms with van der Waals surface area (Å²) in [6, 6.07) is 0. The zero-order valence-corrected chi connectivity index (χ0v) is 26.6. The predicted octanol–water partition coefficient (Wildman–Crippen LogP) is 6.13. The number of phosphoric ester groups is 1. The third-order valence-corrected chi connectivity index (χ3v) is 7.61. The monoisotopic (exact) mass is 604 g/mol. The van der Waals surface area contributed by atoms with Crippen molar-refractivity contribution in [3.8, 4) is 0 Å². The third-order valence-electron chi connectivity index (χ3n) is 6.64. The molecule has 0 bridgehead atoms. The van der Waals surface area contributed by atoms with Gasteiger partial charge in [-0.3, -0.25) is 18.9 Å². The Labute approximate surface area is 247 Å². The number of amides is 1. The van der Waals surface area contributed by atoms with Crippen LogP contribution in [0.1, 0.15) is 143 Å². The van der Waals surface area contributed by atoms with Crippen molar-refractivity contribution < 1.29 is 42.4 Å². The number of carbonyl (C=O) groups excluding carboxylic acids is 4. The highest BCUT2D eigenvalue weighted by Gasteiger charge is 2.20. The Hall–Kier alpha value is -1.61. The molecule has 0 aromatic heterocycles. The summed E-state index contributed by atoms with van der Waals surface area (Å²) in [5, 5.41) is 2.44. The molecule has 0 saturated carbocycles. The number of hydrogen-bond donors (Lipinski definition) is 1. The van der Waals surface area contributed by atoms with E-state index in [-0.39, 0.29) is 44.0 Å². The van der Waals surface area contributed by atoms with E-state index in [1.54, 1.807) is 0 Å². The number of Topliss-reactive ketones (excluding diaryl/α,β-unsaturated/α-hetero) is 2. The van der Waals surface area contributed by atoms with Gasteiger partial charge in [-0.2, -0.15) is 0 Å². The van der Waals surface area contributed by atoms with Gasteiger partial charge in [-0.25, -0.2) is 0 Å². The van der Waals surface area contributed by atoms with Gasteiger partial charge in [0.25, 0.3) is 7.82 Å². The van der Waals surface area contributed by atoms with E-state index in [0.29, 0.717) is 6.42 Å². The van der Waals surface area contributed by atoms with Crippen LogP contribution in [0.25, 0.3) is 0 Å². The molecule has 2 atom stereocenters. The van der Waals surface area contributed by atoms with E-state index in [0.717, 1.165) is 25.7 Å². The lowest BCUT2D eigenvalue weighted by molar-refractivity contribution is -0.228. The van der Waals surface area contributed by atoms with Crippen molar-refractivity contribution in [1.29, 1.82) is 0 Å². The Kier molecular flexibility index (Phi) is 25.0. The number of hydrogen-bond acceptors (Lipinski definition) is 9. The Balaban J connectivity index is 3.98. The maximum Gasteiger partial charge on any atom is 0.302 e. The normalized spacial score (nSPS) is 13.4. The first-order valence-corrected chi connectivity index (χ1v) is 17.1. The quantitative estimate of drug-likeness (QED) is 0.0605. The number of nitrogens with one attached hydrogen (secondary N) is 1. The van der Waals surface area contributed by atoms with Crippen molar-refractivity contribution in [1.82, 2.24) is 5.32 Å². The van der Waals surface area contributed by atoms with Gasteiger partial charge < -0.3 is 28.8 Å². The lowest BCUT2D eigenvalue weighted by atomic mass is 10.0. The topological polar surface area (TPSA) is 148 Å². The molecule has 41 heavy (non-hydrogen) atoms. The van der Waals surface area contributed by atoms with Crippen LogP contribution in [0.5, 0.6) is 0 Å². The minimum absolute atomic E-state index is 0.0123. The molecule has 0 aliphatic heterocycles. The minimum atomic E-state index is -4.74. The van der Waals surface area contributed by atoms with Crippen LogP contribution in [0.2, 0.25) is 0 Å². The zero-order chi connectivity index (χ0) is 30.8. The average Bonchev–Trinajstić information content (AvgIpc) is 2.90. The third kappa shape index (κ3) is 28.3. The van der Waals surface area contributed by atoms with Crippen molar-refractivity contribution in [2.45, 2.75) is 149 Å². The molecule has 2 unspecified atom stereocenters. The molecular weight excluding hydrogens is 549 g/mol. The van der Waals surface area contributed by atoms with Crippen LogP contribution >= 0.6 is 7.82 Å². The van der Waals surface area contributed by atoms with E-state index in [1.165, 1.54) is 84.5 Å². The molecule has 0 aliphatic rings. The molecular formula is C30H55NO9P-. The Morgan fingerprint density at radius 2 is 1.24 bits per heavy atom. The molecule has 0 spiro atoms. The van der Waals surface area contributed by atoms with Crippen LogP contribution in [0.15, 0.2) is 0 Å². The highest BCUT2D eigenvalue weighted by atomic mass is 31.2. The fraction of sp³-hybridized carbons (Fsp3) is 0.867. The predicted molar refractivity (Wildman–Crippen MR) is 157 cm³/mol. The average molecular weight is 605 g/mol. The van der Waals surface area contributed by atoms with Crippen LogP contribution in [0, 0.1) is 0 Å². The van der Waals surface area contributed by atoms with Crippen molar-refractivity contribution in [3.63, 3.8) is 0 Å². The van der Waals surface area contributed by atoms with Gasteiger partial charge in [0, 0.05) is 39.2 Å². The molecule has 0 heterocycles. The van der Waals surface area contributed by atoms with Gasteiger partial charge in [0.15, 0.2) is 0 Å². The second-order valence-corrected chi connectivity index (χ2v) is 12.2. The van der Waals surface area contributed by atoms with Crippen LogP contribution < -0.4 is 10.2 Å². The molecule has 1 amide bonds. The van der Waals surface area contributed by atoms with Gasteiger partial charge in [-0.05, 0) is 13.3 Å². The van der Waals surface area contributed by atoms with Gasteiger partial charge in [-0.15, -0.1) is 0 Å². The van der Waals surface area contributed by atoms with Gasteiger partial charge >= 0.3 is 5.97 Å². The summed E-state index contributed by atoms with van der Waals surface area (Å²) >= 11 is 0. The smallest absolute Gasteiger partial charge is 0.302 e. The molecule has 0 aromatic rings. The van der Waals surface area contributed by atoms with E-state index < -0.39 is 32.4 Å². The van der Waals surface area contributed by atoms with Crippen LogP contribution in [0.3, 0.4) is 0 Å². The SMILES string of the molecule is CCCCCCCCCCCCCCCCCC(=O)CC(COP(=O)([O-])OCCNC(=O)CCC(C)=O)OC(C)=O. The largest absolute Gasteiger partial charge is 0.756 e. The van der Waals surface area contributed by atoms with Gasteiger partial charge in [0.1, 0.15) is 17.7 Å². The summed E-state index contributed by atoms with van der Waals surface area (Å²) in [7, 11) is -4.74. The maximum atomic E-state index is 12.4. The minimum Gasteiger partial charge on any atom is -0.756 e. The van der Waals surface area contributed by atoms with Gasteiger partial charge in [-0.1, -0.05) is 96.8 Å². The van der Waals surface area contributed by atoms with E-state index in [9.17, 15) is 28.6 Å². The molecule has 11 heteroatoms. The first kappa shape index (κ1) is 39.4. The molecule has 0 radical (unpaired) electrons. The first-order valence-electron chi connectivity index (χ1n) is 15.6. The summed E-state index contributed by atoms with van der Waals surface area (Å²) in [5.41, 5.74) is 0.